The van der Waals surface area contributed by atoms with Crippen LogP contribution in [-0.4, -0.2) is 39.1 Å². The van der Waals surface area contributed by atoms with Crippen LogP contribution >= 0.6 is 15.9 Å². The molecule has 7 nitrogen and oxygen atoms in total. The van der Waals surface area contributed by atoms with Crippen LogP contribution in [0.5, 0.6) is 0 Å². The fraction of sp³-hybridized carbons (Fsp3) is 0.294. The van der Waals surface area contributed by atoms with Crippen molar-refractivity contribution in [2.45, 2.75) is 18.8 Å². The fourth-order valence-corrected chi connectivity index (χ4v) is 3.15. The first-order chi connectivity index (χ1) is 12.1. The van der Waals surface area contributed by atoms with E-state index in [4.69, 9.17) is 0 Å². The van der Waals surface area contributed by atoms with Gasteiger partial charge in [-0.05, 0) is 40.9 Å². The van der Waals surface area contributed by atoms with Gasteiger partial charge < -0.3 is 10.2 Å². The number of benzene rings is 1. The van der Waals surface area contributed by atoms with Gasteiger partial charge in [0.15, 0.2) is 5.82 Å². The molecular formula is C17H17BrN6O. The van der Waals surface area contributed by atoms with Crippen LogP contribution < -0.4 is 10.2 Å². The second-order valence-corrected chi connectivity index (χ2v) is 7.02. The summed E-state index contributed by atoms with van der Waals surface area (Å²) in [7, 11) is 1.83. The summed E-state index contributed by atoms with van der Waals surface area (Å²) < 4.78 is 2.82. The number of rotatable bonds is 5. The summed E-state index contributed by atoms with van der Waals surface area (Å²) in [5.74, 6) is 1.99. The summed E-state index contributed by atoms with van der Waals surface area (Å²) in [4.78, 5) is 18.5. The maximum atomic E-state index is 12.4. The molecule has 0 bridgehead atoms. The molecule has 0 aliphatic heterocycles. The highest BCUT2D eigenvalue weighted by atomic mass is 79.9. The van der Waals surface area contributed by atoms with Crippen LogP contribution in [0.2, 0.25) is 0 Å². The molecule has 1 aliphatic carbocycles. The van der Waals surface area contributed by atoms with E-state index < -0.39 is 0 Å². The number of anilines is 2. The summed E-state index contributed by atoms with van der Waals surface area (Å²) in [5, 5.41) is 11.5. The van der Waals surface area contributed by atoms with Crippen molar-refractivity contribution in [3.63, 3.8) is 0 Å². The zero-order chi connectivity index (χ0) is 17.4. The van der Waals surface area contributed by atoms with E-state index in [2.05, 4.69) is 36.4 Å². The minimum atomic E-state index is -0.125. The highest BCUT2D eigenvalue weighted by Gasteiger charge is 2.29. The first-order valence-corrected chi connectivity index (χ1v) is 8.88. The SMILES string of the molecule is CN(CC(=O)Nc1ccccc1Br)c1nccn2c(C3CC3)nnc12. The number of hydrogen-bond donors (Lipinski definition) is 1. The molecule has 0 radical (unpaired) electrons. The number of hydrogen-bond acceptors (Lipinski definition) is 5. The third-order valence-electron chi connectivity index (χ3n) is 4.17. The predicted octanol–water partition coefficient (Wildman–Crippen LogP) is 2.84. The zero-order valence-electron chi connectivity index (χ0n) is 13.7. The summed E-state index contributed by atoms with van der Waals surface area (Å²) in [6, 6.07) is 7.51. The summed E-state index contributed by atoms with van der Waals surface area (Å²) >= 11 is 3.43. The lowest BCUT2D eigenvalue weighted by atomic mass is 10.3. The predicted molar refractivity (Wildman–Crippen MR) is 98.8 cm³/mol. The first kappa shape index (κ1) is 16.0. The molecule has 0 spiro atoms. The number of likely N-dealkylation sites (N-methyl/N-ethyl adjacent to an activating group) is 1. The van der Waals surface area contributed by atoms with E-state index in [1.807, 2.05) is 41.9 Å². The Kier molecular flexibility index (Phi) is 4.12. The maximum absolute atomic E-state index is 12.4. The quantitative estimate of drug-likeness (QED) is 0.712. The Morgan fingerprint density at radius 2 is 2.16 bits per heavy atom. The number of nitrogens with zero attached hydrogens (tertiary/aromatic N) is 5. The smallest absolute Gasteiger partial charge is 0.243 e. The molecule has 0 atom stereocenters. The molecule has 128 valence electrons. The van der Waals surface area contributed by atoms with Gasteiger partial charge >= 0.3 is 0 Å². The third kappa shape index (κ3) is 3.21. The number of carbonyl (C=O) groups excluding carboxylic acids is 1. The Balaban J connectivity index is 1.53. The molecule has 1 N–H and O–H groups in total. The zero-order valence-corrected chi connectivity index (χ0v) is 15.3. The molecule has 2 heterocycles. The Morgan fingerprint density at radius 1 is 1.36 bits per heavy atom. The molecular weight excluding hydrogens is 384 g/mol. The van der Waals surface area contributed by atoms with Crippen molar-refractivity contribution < 1.29 is 4.79 Å². The second kappa shape index (κ2) is 6.44. The second-order valence-electron chi connectivity index (χ2n) is 6.16. The number of amides is 1. The van der Waals surface area contributed by atoms with Crippen molar-refractivity contribution in [2.75, 3.05) is 23.8 Å². The molecule has 0 saturated heterocycles. The van der Waals surface area contributed by atoms with Gasteiger partial charge in [-0.3, -0.25) is 9.20 Å². The number of nitrogens with one attached hydrogen (secondary N) is 1. The Labute approximate surface area is 153 Å². The van der Waals surface area contributed by atoms with Crippen LogP contribution in [0, 0.1) is 0 Å². The van der Waals surface area contributed by atoms with Gasteiger partial charge in [-0.15, -0.1) is 10.2 Å². The lowest BCUT2D eigenvalue weighted by molar-refractivity contribution is -0.114. The van der Waals surface area contributed by atoms with Gasteiger partial charge in [-0.25, -0.2) is 4.98 Å². The molecule has 2 aromatic heterocycles. The van der Waals surface area contributed by atoms with Crippen LogP contribution in [-0.2, 0) is 4.79 Å². The van der Waals surface area contributed by atoms with Gasteiger partial charge in [-0.2, -0.15) is 0 Å². The topological polar surface area (TPSA) is 75.4 Å². The minimum Gasteiger partial charge on any atom is -0.347 e. The van der Waals surface area contributed by atoms with Gasteiger partial charge in [0, 0.05) is 29.8 Å². The monoisotopic (exact) mass is 400 g/mol. The summed E-state index contributed by atoms with van der Waals surface area (Å²) in [6.45, 7) is 0.166. The lowest BCUT2D eigenvalue weighted by Gasteiger charge is -2.18. The number of halogens is 1. The molecule has 1 fully saturated rings. The number of para-hydroxylation sites is 1. The van der Waals surface area contributed by atoms with Gasteiger partial charge in [-0.1, -0.05) is 12.1 Å². The largest absolute Gasteiger partial charge is 0.347 e. The van der Waals surface area contributed by atoms with Crippen molar-refractivity contribution in [1.29, 1.82) is 0 Å². The van der Waals surface area contributed by atoms with Crippen molar-refractivity contribution in [3.8, 4) is 0 Å². The Morgan fingerprint density at radius 3 is 2.92 bits per heavy atom. The number of aromatic nitrogens is 4. The highest BCUT2D eigenvalue weighted by molar-refractivity contribution is 9.10. The maximum Gasteiger partial charge on any atom is 0.243 e. The van der Waals surface area contributed by atoms with Crippen molar-refractivity contribution in [2.24, 2.45) is 0 Å². The van der Waals surface area contributed by atoms with Crippen molar-refractivity contribution >= 4 is 39.0 Å². The fourth-order valence-electron chi connectivity index (χ4n) is 2.76. The van der Waals surface area contributed by atoms with Gasteiger partial charge in [0.2, 0.25) is 11.6 Å². The third-order valence-corrected chi connectivity index (χ3v) is 4.86. The van der Waals surface area contributed by atoms with Gasteiger partial charge in [0.05, 0.1) is 12.2 Å². The molecule has 0 unspecified atom stereocenters. The number of fused-ring (bicyclic) bond motifs is 1. The van der Waals surface area contributed by atoms with Crippen LogP contribution in [0.3, 0.4) is 0 Å². The summed E-state index contributed by atoms with van der Waals surface area (Å²) in [6.07, 6.45) is 5.91. The van der Waals surface area contributed by atoms with Gasteiger partial charge in [0.1, 0.15) is 5.82 Å². The molecule has 25 heavy (non-hydrogen) atoms. The van der Waals surface area contributed by atoms with E-state index in [0.29, 0.717) is 17.4 Å². The van der Waals surface area contributed by atoms with E-state index in [1.165, 1.54) is 0 Å². The minimum absolute atomic E-state index is 0.125. The van der Waals surface area contributed by atoms with Crippen molar-refractivity contribution in [3.05, 3.63) is 47.0 Å². The molecule has 1 aliphatic rings. The van der Waals surface area contributed by atoms with Crippen molar-refractivity contribution in [1.82, 2.24) is 19.6 Å². The molecule has 8 heteroatoms. The van der Waals surface area contributed by atoms with E-state index in [0.717, 1.165) is 28.8 Å². The Bertz CT molecular complexity index is 936. The molecule has 4 rings (SSSR count). The first-order valence-electron chi connectivity index (χ1n) is 8.08. The van der Waals surface area contributed by atoms with Gasteiger partial charge in [0.25, 0.3) is 0 Å². The van der Waals surface area contributed by atoms with Crippen LogP contribution in [0.25, 0.3) is 5.65 Å². The van der Waals surface area contributed by atoms with Crippen LogP contribution in [0.15, 0.2) is 41.1 Å². The Hall–Kier alpha value is -2.48. The van der Waals surface area contributed by atoms with E-state index in [1.54, 1.807) is 11.1 Å². The molecule has 1 saturated carbocycles. The lowest BCUT2D eigenvalue weighted by Crippen LogP contribution is -2.31. The molecule has 1 amide bonds. The summed E-state index contributed by atoms with van der Waals surface area (Å²) in [5.41, 5.74) is 1.42. The van der Waals surface area contributed by atoms with Crippen LogP contribution in [0.1, 0.15) is 24.6 Å². The highest BCUT2D eigenvalue weighted by Crippen LogP contribution is 2.39. The number of carbonyl (C=O) groups is 1. The average molecular weight is 401 g/mol. The standard InChI is InChI=1S/C17H17BrN6O/c1-23(10-14(25)20-13-5-3-2-4-12(13)18)16-17-22-21-15(11-6-7-11)24(17)9-8-19-16/h2-5,8-9,11H,6-7,10H2,1H3,(H,20,25). The van der Waals surface area contributed by atoms with Crippen LogP contribution in [0.4, 0.5) is 11.5 Å². The normalized spacial score (nSPS) is 13.8. The molecule has 3 aromatic rings. The van der Waals surface area contributed by atoms with E-state index in [9.17, 15) is 4.79 Å². The average Bonchev–Trinajstić information content (AvgIpc) is 3.35. The van der Waals surface area contributed by atoms with E-state index >= 15 is 0 Å². The molecule has 1 aromatic carbocycles. The van der Waals surface area contributed by atoms with E-state index in [-0.39, 0.29) is 12.5 Å².